The van der Waals surface area contributed by atoms with Gasteiger partial charge < -0.3 is 9.84 Å². The van der Waals surface area contributed by atoms with Crippen molar-refractivity contribution in [3.8, 4) is 5.75 Å². The molecule has 0 atom stereocenters. The summed E-state index contributed by atoms with van der Waals surface area (Å²) >= 11 is 0. The second-order valence-corrected chi connectivity index (χ2v) is 4.20. The standard InChI is InChI=1S/C15H18O4/c1-5-7-11-8-12(10(4)16)9(3)13(14(11)17)15(18)19-6-2/h5,8,17H,1,6-7H2,2-4H3. The van der Waals surface area contributed by atoms with Gasteiger partial charge in [0, 0.05) is 5.56 Å². The zero-order valence-corrected chi connectivity index (χ0v) is 11.4. The summed E-state index contributed by atoms with van der Waals surface area (Å²) in [6.07, 6.45) is 1.97. The number of esters is 1. The lowest BCUT2D eigenvalue weighted by molar-refractivity contribution is 0.0522. The lowest BCUT2D eigenvalue weighted by Gasteiger charge is -2.14. The van der Waals surface area contributed by atoms with Crippen LogP contribution in [0.15, 0.2) is 18.7 Å². The molecule has 0 saturated heterocycles. The molecule has 0 aliphatic carbocycles. The van der Waals surface area contributed by atoms with Crippen LogP contribution in [-0.2, 0) is 11.2 Å². The molecular weight excluding hydrogens is 244 g/mol. The first kappa shape index (κ1) is 15.0. The second kappa shape index (κ2) is 6.18. The van der Waals surface area contributed by atoms with Gasteiger partial charge in [-0.25, -0.2) is 4.79 Å². The van der Waals surface area contributed by atoms with Crippen molar-refractivity contribution in [2.75, 3.05) is 6.61 Å². The van der Waals surface area contributed by atoms with Crippen LogP contribution in [-0.4, -0.2) is 23.5 Å². The highest BCUT2D eigenvalue weighted by Gasteiger charge is 2.22. The quantitative estimate of drug-likeness (QED) is 0.503. The smallest absolute Gasteiger partial charge is 0.342 e. The molecule has 0 saturated carbocycles. The largest absolute Gasteiger partial charge is 0.507 e. The Kier molecular flexibility index (Phi) is 4.87. The van der Waals surface area contributed by atoms with Crippen LogP contribution in [0.5, 0.6) is 5.75 Å². The summed E-state index contributed by atoms with van der Waals surface area (Å²) in [7, 11) is 0. The Morgan fingerprint density at radius 2 is 2.11 bits per heavy atom. The third kappa shape index (κ3) is 3.02. The van der Waals surface area contributed by atoms with Crippen LogP contribution in [0.3, 0.4) is 0 Å². The number of aromatic hydroxyl groups is 1. The van der Waals surface area contributed by atoms with Crippen LogP contribution in [0.4, 0.5) is 0 Å². The van der Waals surface area contributed by atoms with E-state index >= 15 is 0 Å². The van der Waals surface area contributed by atoms with Crippen LogP contribution >= 0.6 is 0 Å². The second-order valence-electron chi connectivity index (χ2n) is 4.20. The van der Waals surface area contributed by atoms with E-state index in [2.05, 4.69) is 6.58 Å². The molecule has 1 rings (SSSR count). The van der Waals surface area contributed by atoms with E-state index in [9.17, 15) is 14.7 Å². The lowest BCUT2D eigenvalue weighted by Crippen LogP contribution is -2.11. The summed E-state index contributed by atoms with van der Waals surface area (Å²) in [5.41, 5.74) is 1.41. The first-order valence-corrected chi connectivity index (χ1v) is 6.08. The SMILES string of the molecule is C=CCc1cc(C(C)=O)c(C)c(C(=O)OCC)c1O. The van der Waals surface area contributed by atoms with E-state index in [1.807, 2.05) is 0 Å². The summed E-state index contributed by atoms with van der Waals surface area (Å²) in [5.74, 6) is -0.917. The molecule has 1 N–H and O–H groups in total. The van der Waals surface area contributed by atoms with Gasteiger partial charge in [0.15, 0.2) is 5.78 Å². The Bertz CT molecular complexity index is 529. The Balaban J connectivity index is 3.53. The van der Waals surface area contributed by atoms with Crippen molar-refractivity contribution in [2.45, 2.75) is 27.2 Å². The fourth-order valence-corrected chi connectivity index (χ4v) is 1.95. The van der Waals surface area contributed by atoms with Gasteiger partial charge in [0.05, 0.1) is 6.61 Å². The van der Waals surface area contributed by atoms with E-state index in [1.54, 1.807) is 26.0 Å². The van der Waals surface area contributed by atoms with E-state index in [0.717, 1.165) is 0 Å². The van der Waals surface area contributed by atoms with Crippen LogP contribution in [0.2, 0.25) is 0 Å². The van der Waals surface area contributed by atoms with E-state index < -0.39 is 5.97 Å². The van der Waals surface area contributed by atoms with Crippen molar-refractivity contribution in [3.63, 3.8) is 0 Å². The fourth-order valence-electron chi connectivity index (χ4n) is 1.95. The van der Waals surface area contributed by atoms with Crippen molar-refractivity contribution in [1.29, 1.82) is 0 Å². The number of benzene rings is 1. The Morgan fingerprint density at radius 3 is 2.58 bits per heavy atom. The molecule has 0 amide bonds. The summed E-state index contributed by atoms with van der Waals surface area (Å²) in [6, 6.07) is 1.59. The van der Waals surface area contributed by atoms with Crippen LogP contribution in [0, 0.1) is 6.92 Å². The molecular formula is C15H18O4. The van der Waals surface area contributed by atoms with Gasteiger partial charge >= 0.3 is 5.97 Å². The Labute approximate surface area is 112 Å². The average Bonchev–Trinajstić information content (AvgIpc) is 2.33. The van der Waals surface area contributed by atoms with Crippen molar-refractivity contribution < 1.29 is 19.4 Å². The third-order valence-corrected chi connectivity index (χ3v) is 2.86. The first-order chi connectivity index (χ1) is 8.93. The Hall–Kier alpha value is -2.10. The highest BCUT2D eigenvalue weighted by atomic mass is 16.5. The van der Waals surface area contributed by atoms with Crippen molar-refractivity contribution >= 4 is 11.8 Å². The van der Waals surface area contributed by atoms with Gasteiger partial charge in [-0.2, -0.15) is 0 Å². The average molecular weight is 262 g/mol. The van der Waals surface area contributed by atoms with E-state index in [0.29, 0.717) is 23.1 Å². The maximum absolute atomic E-state index is 11.9. The minimum absolute atomic E-state index is 0.0615. The molecule has 0 heterocycles. The molecule has 0 aromatic heterocycles. The number of allylic oxidation sites excluding steroid dienone is 1. The van der Waals surface area contributed by atoms with Crippen molar-refractivity contribution in [1.82, 2.24) is 0 Å². The number of carbonyl (C=O) groups is 2. The molecule has 0 radical (unpaired) electrons. The van der Waals surface area contributed by atoms with Gasteiger partial charge in [0.2, 0.25) is 0 Å². The van der Waals surface area contributed by atoms with Crippen molar-refractivity contribution in [2.24, 2.45) is 0 Å². The van der Waals surface area contributed by atoms with E-state index in [1.165, 1.54) is 6.92 Å². The normalized spacial score (nSPS) is 10.1. The molecule has 102 valence electrons. The number of rotatable bonds is 5. The highest BCUT2D eigenvalue weighted by molar-refractivity contribution is 6.02. The number of phenols is 1. The zero-order chi connectivity index (χ0) is 14.6. The maximum Gasteiger partial charge on any atom is 0.342 e. The topological polar surface area (TPSA) is 63.6 Å². The molecule has 4 heteroatoms. The number of hydrogen-bond acceptors (Lipinski definition) is 4. The van der Waals surface area contributed by atoms with E-state index in [4.69, 9.17) is 4.74 Å². The van der Waals surface area contributed by atoms with Gasteiger partial charge in [-0.15, -0.1) is 6.58 Å². The third-order valence-electron chi connectivity index (χ3n) is 2.86. The molecule has 0 spiro atoms. The van der Waals surface area contributed by atoms with Gasteiger partial charge in [-0.3, -0.25) is 4.79 Å². The van der Waals surface area contributed by atoms with Gasteiger partial charge in [-0.1, -0.05) is 6.08 Å². The molecule has 0 fully saturated rings. The number of Topliss-reactive ketones (excluding diaryl/α,β-unsaturated/α-hetero) is 1. The van der Waals surface area contributed by atoms with Crippen molar-refractivity contribution in [3.05, 3.63) is 41.0 Å². The molecule has 1 aromatic carbocycles. The van der Waals surface area contributed by atoms with Gasteiger partial charge in [-0.05, 0) is 44.4 Å². The fraction of sp³-hybridized carbons (Fsp3) is 0.333. The van der Waals surface area contributed by atoms with E-state index in [-0.39, 0.29) is 23.7 Å². The number of ether oxygens (including phenoxy) is 1. The van der Waals surface area contributed by atoms with Gasteiger partial charge in [0.1, 0.15) is 11.3 Å². The molecule has 0 bridgehead atoms. The summed E-state index contributed by atoms with van der Waals surface area (Å²) < 4.78 is 4.92. The highest BCUT2D eigenvalue weighted by Crippen LogP contribution is 2.30. The lowest BCUT2D eigenvalue weighted by atomic mass is 9.94. The number of hydrogen-bond donors (Lipinski definition) is 1. The molecule has 4 nitrogen and oxygen atoms in total. The minimum atomic E-state index is -0.620. The molecule has 19 heavy (non-hydrogen) atoms. The first-order valence-electron chi connectivity index (χ1n) is 6.08. The molecule has 0 unspecified atom stereocenters. The number of phenolic OH excluding ortho intramolecular Hbond substituents is 1. The van der Waals surface area contributed by atoms with Crippen LogP contribution in [0.25, 0.3) is 0 Å². The summed E-state index contributed by atoms with van der Waals surface area (Å²) in [6.45, 7) is 8.53. The molecule has 0 aliphatic rings. The summed E-state index contributed by atoms with van der Waals surface area (Å²) in [4.78, 5) is 23.5. The zero-order valence-electron chi connectivity index (χ0n) is 11.4. The predicted octanol–water partition coefficient (Wildman–Crippen LogP) is 2.81. The minimum Gasteiger partial charge on any atom is -0.507 e. The monoisotopic (exact) mass is 262 g/mol. The van der Waals surface area contributed by atoms with Crippen LogP contribution in [0.1, 0.15) is 45.7 Å². The molecule has 1 aromatic rings. The molecule has 0 aliphatic heterocycles. The summed E-state index contributed by atoms with van der Waals surface area (Å²) in [5, 5.41) is 10.1. The Morgan fingerprint density at radius 1 is 1.47 bits per heavy atom. The van der Waals surface area contributed by atoms with Gasteiger partial charge in [0.25, 0.3) is 0 Å². The number of ketones is 1. The number of carbonyl (C=O) groups excluding carboxylic acids is 2. The maximum atomic E-state index is 11.9. The van der Waals surface area contributed by atoms with Crippen LogP contribution < -0.4 is 0 Å². The predicted molar refractivity (Wildman–Crippen MR) is 72.7 cm³/mol.